The summed E-state index contributed by atoms with van der Waals surface area (Å²) >= 11 is 0. The first-order chi connectivity index (χ1) is 11.2. The summed E-state index contributed by atoms with van der Waals surface area (Å²) in [6.45, 7) is 7.22. The molecule has 1 aliphatic rings. The van der Waals surface area contributed by atoms with E-state index in [4.69, 9.17) is 4.74 Å². The van der Waals surface area contributed by atoms with Crippen molar-refractivity contribution in [1.82, 2.24) is 5.32 Å². The Bertz CT molecular complexity index is 630. The van der Waals surface area contributed by atoms with Crippen LogP contribution in [0, 0.1) is 21.8 Å². The van der Waals surface area contributed by atoms with Gasteiger partial charge in [-0.2, -0.15) is 4.39 Å². The number of carbonyl (C=O) groups is 1. The van der Waals surface area contributed by atoms with Gasteiger partial charge in [0.05, 0.1) is 4.92 Å². The number of anilines is 1. The Kier molecular flexibility index (Phi) is 5.26. The Morgan fingerprint density at radius 2 is 2.21 bits per heavy atom. The standard InChI is InChI=1S/C16H22FN3O4/c1-16(2,3)24-15(21)18-9-11-6-7-19(10-11)12-4-5-14(20(22)23)13(17)8-12/h4-5,8,11H,6-7,9-10H2,1-3H3,(H,18,21)/t11-/m1/s1. The summed E-state index contributed by atoms with van der Waals surface area (Å²) in [5, 5.41) is 13.4. The van der Waals surface area contributed by atoms with Crippen molar-refractivity contribution in [2.45, 2.75) is 32.8 Å². The van der Waals surface area contributed by atoms with E-state index >= 15 is 0 Å². The van der Waals surface area contributed by atoms with Gasteiger partial charge < -0.3 is 15.0 Å². The summed E-state index contributed by atoms with van der Waals surface area (Å²) in [5.41, 5.74) is -0.457. The van der Waals surface area contributed by atoms with Gasteiger partial charge in [-0.3, -0.25) is 10.1 Å². The van der Waals surface area contributed by atoms with E-state index in [0.29, 0.717) is 25.3 Å². The molecule has 1 aromatic carbocycles. The topological polar surface area (TPSA) is 84.7 Å². The predicted octanol–water partition coefficient (Wildman–Crippen LogP) is 3.08. The molecule has 1 atom stereocenters. The highest BCUT2D eigenvalue weighted by molar-refractivity contribution is 5.67. The van der Waals surface area contributed by atoms with Crippen LogP contribution in [-0.4, -0.2) is 36.3 Å². The zero-order valence-corrected chi connectivity index (χ0v) is 14.0. The molecular weight excluding hydrogens is 317 g/mol. The van der Waals surface area contributed by atoms with E-state index < -0.39 is 28.1 Å². The van der Waals surface area contributed by atoms with Crippen molar-refractivity contribution in [1.29, 1.82) is 0 Å². The Hall–Kier alpha value is -2.38. The number of hydrogen-bond donors (Lipinski definition) is 1. The van der Waals surface area contributed by atoms with Gasteiger partial charge in [0, 0.05) is 37.5 Å². The summed E-state index contributed by atoms with van der Waals surface area (Å²) < 4.78 is 18.9. The lowest BCUT2D eigenvalue weighted by atomic mass is 10.1. The molecule has 0 saturated carbocycles. The maximum Gasteiger partial charge on any atom is 0.407 e. The third kappa shape index (κ3) is 4.81. The highest BCUT2D eigenvalue weighted by Crippen LogP contribution is 2.27. The highest BCUT2D eigenvalue weighted by Gasteiger charge is 2.25. The van der Waals surface area contributed by atoms with Gasteiger partial charge in [-0.05, 0) is 39.2 Å². The average Bonchev–Trinajstić information content (AvgIpc) is 2.91. The van der Waals surface area contributed by atoms with Gasteiger partial charge in [0.25, 0.3) is 0 Å². The molecule has 0 aliphatic carbocycles. The Balaban J connectivity index is 1.88. The van der Waals surface area contributed by atoms with Crippen LogP contribution < -0.4 is 10.2 Å². The van der Waals surface area contributed by atoms with Crippen LogP contribution in [0.4, 0.5) is 20.6 Å². The average molecular weight is 339 g/mol. The summed E-state index contributed by atoms with van der Waals surface area (Å²) in [5.74, 6) is -0.622. The molecule has 1 fully saturated rings. The molecule has 0 spiro atoms. The smallest absolute Gasteiger partial charge is 0.407 e. The largest absolute Gasteiger partial charge is 0.444 e. The number of benzene rings is 1. The molecule has 0 radical (unpaired) electrons. The number of alkyl carbamates (subject to hydrolysis) is 1. The first kappa shape index (κ1) is 18.0. The van der Waals surface area contributed by atoms with E-state index in [0.717, 1.165) is 6.42 Å². The fourth-order valence-corrected chi connectivity index (χ4v) is 2.62. The predicted molar refractivity (Wildman–Crippen MR) is 87.6 cm³/mol. The van der Waals surface area contributed by atoms with Gasteiger partial charge in [0.2, 0.25) is 5.82 Å². The number of ether oxygens (including phenoxy) is 1. The van der Waals surface area contributed by atoms with Crippen LogP contribution >= 0.6 is 0 Å². The summed E-state index contributed by atoms with van der Waals surface area (Å²) in [7, 11) is 0. The third-order valence-electron chi connectivity index (χ3n) is 3.71. The van der Waals surface area contributed by atoms with Crippen molar-refractivity contribution < 1.29 is 18.8 Å². The van der Waals surface area contributed by atoms with E-state index in [-0.39, 0.29) is 5.92 Å². The number of nitro benzene ring substituents is 1. The van der Waals surface area contributed by atoms with E-state index in [1.807, 2.05) is 4.90 Å². The molecule has 2 rings (SSSR count). The van der Waals surface area contributed by atoms with Gasteiger partial charge in [0.15, 0.2) is 0 Å². The quantitative estimate of drug-likeness (QED) is 0.673. The number of hydrogen-bond acceptors (Lipinski definition) is 5. The molecule has 1 heterocycles. The number of nitro groups is 1. The second-order valence-corrected chi connectivity index (χ2v) is 6.88. The number of nitrogens with one attached hydrogen (secondary N) is 1. The summed E-state index contributed by atoms with van der Waals surface area (Å²) in [6.07, 6.45) is 0.385. The maximum atomic E-state index is 13.7. The third-order valence-corrected chi connectivity index (χ3v) is 3.71. The maximum absolute atomic E-state index is 13.7. The minimum absolute atomic E-state index is 0.218. The van der Waals surface area contributed by atoms with E-state index in [1.165, 1.54) is 12.1 Å². The van der Waals surface area contributed by atoms with E-state index in [9.17, 15) is 19.3 Å². The zero-order valence-electron chi connectivity index (χ0n) is 14.0. The number of halogens is 1. The summed E-state index contributed by atoms with van der Waals surface area (Å²) in [6, 6.07) is 3.91. The normalized spacial score (nSPS) is 17.7. The first-order valence-corrected chi connectivity index (χ1v) is 7.81. The zero-order chi connectivity index (χ0) is 17.9. The van der Waals surface area contributed by atoms with E-state index in [1.54, 1.807) is 26.8 Å². The lowest BCUT2D eigenvalue weighted by molar-refractivity contribution is -0.387. The van der Waals surface area contributed by atoms with Crippen LogP contribution in [0.15, 0.2) is 18.2 Å². The Labute approximate surface area is 139 Å². The number of nitrogens with zero attached hydrogens (tertiary/aromatic N) is 2. The molecule has 1 aliphatic heterocycles. The van der Waals surface area contributed by atoms with Crippen LogP contribution in [0.2, 0.25) is 0 Å². The first-order valence-electron chi connectivity index (χ1n) is 7.81. The van der Waals surface area contributed by atoms with Gasteiger partial charge >= 0.3 is 11.8 Å². The van der Waals surface area contributed by atoms with Crippen molar-refractivity contribution in [2.24, 2.45) is 5.92 Å². The molecule has 0 bridgehead atoms. The van der Waals surface area contributed by atoms with E-state index in [2.05, 4.69) is 5.32 Å². The number of carbonyl (C=O) groups excluding carboxylic acids is 1. The lowest BCUT2D eigenvalue weighted by Crippen LogP contribution is -2.36. The molecule has 0 unspecified atom stereocenters. The molecule has 132 valence electrons. The molecule has 1 N–H and O–H groups in total. The van der Waals surface area contributed by atoms with Crippen molar-refractivity contribution in [3.8, 4) is 0 Å². The fourth-order valence-electron chi connectivity index (χ4n) is 2.62. The molecule has 8 heteroatoms. The van der Waals surface area contributed by atoms with Gasteiger partial charge in [0.1, 0.15) is 5.60 Å². The molecule has 7 nitrogen and oxygen atoms in total. The van der Waals surface area contributed by atoms with Crippen LogP contribution in [-0.2, 0) is 4.74 Å². The molecule has 1 amide bonds. The van der Waals surface area contributed by atoms with Crippen LogP contribution in [0.5, 0.6) is 0 Å². The molecule has 24 heavy (non-hydrogen) atoms. The van der Waals surface area contributed by atoms with Gasteiger partial charge in [-0.25, -0.2) is 4.79 Å². The monoisotopic (exact) mass is 339 g/mol. The van der Waals surface area contributed by atoms with Crippen molar-refractivity contribution in [3.63, 3.8) is 0 Å². The minimum atomic E-state index is -0.840. The minimum Gasteiger partial charge on any atom is -0.444 e. The lowest BCUT2D eigenvalue weighted by Gasteiger charge is -2.21. The van der Waals surface area contributed by atoms with Gasteiger partial charge in [-0.1, -0.05) is 0 Å². The van der Waals surface area contributed by atoms with Gasteiger partial charge in [-0.15, -0.1) is 0 Å². The van der Waals surface area contributed by atoms with Crippen LogP contribution in [0.1, 0.15) is 27.2 Å². The number of rotatable bonds is 4. The molecule has 1 saturated heterocycles. The second kappa shape index (κ2) is 7.02. The number of amides is 1. The van der Waals surface area contributed by atoms with Crippen molar-refractivity contribution >= 4 is 17.5 Å². The molecular formula is C16H22FN3O4. The molecule has 1 aromatic rings. The second-order valence-electron chi connectivity index (χ2n) is 6.88. The Morgan fingerprint density at radius 3 is 2.79 bits per heavy atom. The Morgan fingerprint density at radius 1 is 1.50 bits per heavy atom. The van der Waals surface area contributed by atoms with Crippen molar-refractivity contribution in [2.75, 3.05) is 24.5 Å². The highest BCUT2D eigenvalue weighted by atomic mass is 19.1. The molecule has 0 aromatic heterocycles. The SMILES string of the molecule is CC(C)(C)OC(=O)NC[C@H]1CCN(c2ccc([N+](=O)[O-])c(F)c2)C1. The summed E-state index contributed by atoms with van der Waals surface area (Å²) in [4.78, 5) is 23.5. The van der Waals surface area contributed by atoms with Crippen LogP contribution in [0.25, 0.3) is 0 Å². The van der Waals surface area contributed by atoms with Crippen molar-refractivity contribution in [3.05, 3.63) is 34.1 Å². The fraction of sp³-hybridized carbons (Fsp3) is 0.562. The van der Waals surface area contributed by atoms with Crippen LogP contribution in [0.3, 0.4) is 0 Å².